The molecular weight excluding hydrogens is 180 g/mol. The van der Waals surface area contributed by atoms with Crippen LogP contribution in [-0.4, -0.2) is 0 Å². The molecular formula is C15H24. The summed E-state index contributed by atoms with van der Waals surface area (Å²) in [5, 5.41) is 0. The highest BCUT2D eigenvalue weighted by Crippen LogP contribution is 2.44. The van der Waals surface area contributed by atoms with E-state index in [2.05, 4.69) is 32.1 Å². The molecule has 84 valence electrons. The summed E-state index contributed by atoms with van der Waals surface area (Å²) >= 11 is 0. The van der Waals surface area contributed by atoms with Crippen LogP contribution in [0, 0.1) is 17.8 Å². The smallest absolute Gasteiger partial charge is 0.0162 e. The van der Waals surface area contributed by atoms with Gasteiger partial charge in [0.15, 0.2) is 0 Å². The van der Waals surface area contributed by atoms with Gasteiger partial charge in [-0.1, -0.05) is 43.6 Å². The van der Waals surface area contributed by atoms with E-state index in [-0.39, 0.29) is 0 Å². The van der Waals surface area contributed by atoms with Crippen LogP contribution in [0.1, 0.15) is 52.4 Å². The highest BCUT2D eigenvalue weighted by atomic mass is 14.4. The van der Waals surface area contributed by atoms with E-state index in [9.17, 15) is 0 Å². The largest absolute Gasteiger partial charge is 0.0851 e. The van der Waals surface area contributed by atoms with Crippen molar-refractivity contribution in [1.29, 1.82) is 0 Å². The fraction of sp³-hybridized carbons (Fsp3) is 0.733. The van der Waals surface area contributed by atoms with E-state index in [1.807, 2.05) is 0 Å². The van der Waals surface area contributed by atoms with E-state index in [0.717, 1.165) is 17.8 Å². The Balaban J connectivity index is 1.79. The summed E-state index contributed by atoms with van der Waals surface area (Å²) in [4.78, 5) is 0. The molecule has 2 aliphatic carbocycles. The third kappa shape index (κ3) is 2.74. The van der Waals surface area contributed by atoms with Gasteiger partial charge in [0.25, 0.3) is 0 Å². The molecule has 0 aromatic carbocycles. The van der Waals surface area contributed by atoms with Crippen molar-refractivity contribution in [2.75, 3.05) is 0 Å². The summed E-state index contributed by atoms with van der Waals surface area (Å²) in [5.74, 6) is 2.68. The van der Waals surface area contributed by atoms with Crippen LogP contribution in [0.15, 0.2) is 23.8 Å². The first-order chi connectivity index (χ1) is 7.29. The first kappa shape index (κ1) is 11.0. The maximum Gasteiger partial charge on any atom is -0.0162 e. The van der Waals surface area contributed by atoms with Crippen LogP contribution in [0.25, 0.3) is 0 Å². The minimum atomic E-state index is 0.877. The zero-order valence-electron chi connectivity index (χ0n) is 10.2. The van der Waals surface area contributed by atoms with Crippen molar-refractivity contribution >= 4 is 0 Å². The van der Waals surface area contributed by atoms with Crippen LogP contribution in [0.2, 0.25) is 0 Å². The second-order valence-corrected chi connectivity index (χ2v) is 5.41. The number of hydrogen-bond donors (Lipinski definition) is 0. The minimum Gasteiger partial charge on any atom is -0.0851 e. The molecule has 0 nitrogen and oxygen atoms in total. The Morgan fingerprint density at radius 2 is 2.13 bits per heavy atom. The van der Waals surface area contributed by atoms with Gasteiger partial charge in [0.05, 0.1) is 0 Å². The molecule has 2 aliphatic rings. The fourth-order valence-corrected chi connectivity index (χ4v) is 3.12. The molecule has 0 amide bonds. The molecule has 3 atom stereocenters. The maximum absolute atomic E-state index is 2.57. The summed E-state index contributed by atoms with van der Waals surface area (Å²) < 4.78 is 0. The Morgan fingerprint density at radius 3 is 2.73 bits per heavy atom. The van der Waals surface area contributed by atoms with E-state index in [1.54, 1.807) is 5.57 Å². The molecule has 0 heteroatoms. The Morgan fingerprint density at radius 1 is 1.27 bits per heavy atom. The molecule has 0 spiro atoms. The predicted molar refractivity (Wildman–Crippen MR) is 66.7 cm³/mol. The van der Waals surface area contributed by atoms with Crippen LogP contribution in [0.3, 0.4) is 0 Å². The lowest BCUT2D eigenvalue weighted by molar-refractivity contribution is 0.543. The van der Waals surface area contributed by atoms with Crippen LogP contribution >= 0.6 is 0 Å². The summed E-state index contributed by atoms with van der Waals surface area (Å²) in [6.07, 6.45) is 15.8. The Kier molecular flexibility index (Phi) is 3.66. The van der Waals surface area contributed by atoms with E-state index >= 15 is 0 Å². The van der Waals surface area contributed by atoms with Crippen LogP contribution < -0.4 is 0 Å². The van der Waals surface area contributed by atoms with Crippen LogP contribution in [0.4, 0.5) is 0 Å². The van der Waals surface area contributed by atoms with Gasteiger partial charge in [-0.3, -0.25) is 0 Å². The van der Waals surface area contributed by atoms with E-state index in [4.69, 9.17) is 0 Å². The SMILES string of the molecule is CCCCCC(C)=CC1CC2C=CC1C2. The van der Waals surface area contributed by atoms with E-state index in [1.165, 1.54) is 38.5 Å². The standard InChI is InChI=1S/C15H24/c1-3-4-5-6-12(2)9-15-11-13-7-8-14(15)10-13/h7-9,13-15H,3-6,10-11H2,1-2H3. The minimum absolute atomic E-state index is 0.877. The number of rotatable bonds is 5. The first-order valence-corrected chi connectivity index (χ1v) is 6.65. The quantitative estimate of drug-likeness (QED) is 0.449. The zero-order chi connectivity index (χ0) is 10.7. The van der Waals surface area contributed by atoms with Gasteiger partial charge in [-0.25, -0.2) is 0 Å². The number of allylic oxidation sites excluding steroid dienone is 4. The van der Waals surface area contributed by atoms with Crippen LogP contribution in [0.5, 0.6) is 0 Å². The van der Waals surface area contributed by atoms with Crippen LogP contribution in [-0.2, 0) is 0 Å². The van der Waals surface area contributed by atoms with Gasteiger partial charge < -0.3 is 0 Å². The molecule has 2 bridgehead atoms. The Hall–Kier alpha value is -0.520. The van der Waals surface area contributed by atoms with Gasteiger partial charge in [0.1, 0.15) is 0 Å². The highest BCUT2D eigenvalue weighted by Gasteiger charge is 2.33. The van der Waals surface area contributed by atoms with Gasteiger partial charge >= 0.3 is 0 Å². The maximum atomic E-state index is 2.57. The van der Waals surface area contributed by atoms with Gasteiger partial charge in [0.2, 0.25) is 0 Å². The number of unbranched alkanes of at least 4 members (excludes halogenated alkanes) is 2. The van der Waals surface area contributed by atoms with Gasteiger partial charge in [-0.05, 0) is 50.4 Å². The van der Waals surface area contributed by atoms with Crippen molar-refractivity contribution in [3.05, 3.63) is 23.8 Å². The molecule has 0 radical (unpaired) electrons. The summed E-state index contributed by atoms with van der Waals surface area (Å²) in [6, 6.07) is 0. The average Bonchev–Trinajstić information content (AvgIpc) is 2.79. The van der Waals surface area contributed by atoms with Gasteiger partial charge in [-0.2, -0.15) is 0 Å². The molecule has 0 aliphatic heterocycles. The lowest BCUT2D eigenvalue weighted by atomic mass is 9.91. The third-order valence-electron chi connectivity index (χ3n) is 4.00. The van der Waals surface area contributed by atoms with Gasteiger partial charge in [-0.15, -0.1) is 0 Å². The summed E-state index contributed by atoms with van der Waals surface area (Å²) in [7, 11) is 0. The molecule has 2 rings (SSSR count). The first-order valence-electron chi connectivity index (χ1n) is 6.65. The van der Waals surface area contributed by atoms with E-state index < -0.39 is 0 Å². The monoisotopic (exact) mass is 204 g/mol. The lowest BCUT2D eigenvalue weighted by Crippen LogP contribution is -2.04. The second kappa shape index (κ2) is 5.01. The number of hydrogen-bond acceptors (Lipinski definition) is 0. The fourth-order valence-electron chi connectivity index (χ4n) is 3.12. The summed E-state index contributed by atoms with van der Waals surface area (Å²) in [5.41, 5.74) is 1.63. The lowest BCUT2D eigenvalue weighted by Gasteiger charge is -2.15. The van der Waals surface area contributed by atoms with Crippen molar-refractivity contribution < 1.29 is 0 Å². The van der Waals surface area contributed by atoms with E-state index in [0.29, 0.717) is 0 Å². The number of fused-ring (bicyclic) bond motifs is 2. The van der Waals surface area contributed by atoms with Crippen molar-refractivity contribution in [3.63, 3.8) is 0 Å². The molecule has 3 unspecified atom stereocenters. The molecule has 1 fully saturated rings. The molecule has 0 saturated heterocycles. The van der Waals surface area contributed by atoms with Gasteiger partial charge in [0, 0.05) is 0 Å². The zero-order valence-corrected chi connectivity index (χ0v) is 10.2. The third-order valence-corrected chi connectivity index (χ3v) is 4.00. The van der Waals surface area contributed by atoms with Crippen molar-refractivity contribution in [1.82, 2.24) is 0 Å². The highest BCUT2D eigenvalue weighted by molar-refractivity contribution is 5.16. The van der Waals surface area contributed by atoms with Crippen molar-refractivity contribution in [2.45, 2.75) is 52.4 Å². The summed E-state index contributed by atoms with van der Waals surface area (Å²) in [6.45, 7) is 4.60. The normalized spacial score (nSPS) is 34.0. The molecule has 1 saturated carbocycles. The molecule has 0 aromatic rings. The molecule has 0 N–H and O–H groups in total. The topological polar surface area (TPSA) is 0 Å². The van der Waals surface area contributed by atoms with Crippen molar-refractivity contribution in [3.8, 4) is 0 Å². The molecule has 0 aromatic heterocycles. The van der Waals surface area contributed by atoms with Crippen molar-refractivity contribution in [2.24, 2.45) is 17.8 Å². The Bertz CT molecular complexity index is 259. The predicted octanol–water partition coefficient (Wildman–Crippen LogP) is 4.73. The second-order valence-electron chi connectivity index (χ2n) is 5.41. The average molecular weight is 204 g/mol. The Labute approximate surface area is 94.5 Å². The molecule has 0 heterocycles. The molecule has 15 heavy (non-hydrogen) atoms.